The van der Waals surface area contributed by atoms with E-state index in [1.54, 1.807) is 0 Å². The van der Waals surface area contributed by atoms with Gasteiger partial charge in [0.15, 0.2) is 0 Å². The predicted molar refractivity (Wildman–Crippen MR) is 103 cm³/mol. The molecule has 2 atom stereocenters. The second kappa shape index (κ2) is 8.21. The van der Waals surface area contributed by atoms with Crippen molar-refractivity contribution in [3.8, 4) is 0 Å². The van der Waals surface area contributed by atoms with E-state index in [1.165, 1.54) is 0 Å². The maximum atomic E-state index is 13.4. The summed E-state index contributed by atoms with van der Waals surface area (Å²) in [6.45, 7) is 8.29. The summed E-state index contributed by atoms with van der Waals surface area (Å²) in [6, 6.07) is 8.04. The molecular weight excluding hydrogens is 326 g/mol. The third-order valence-corrected chi connectivity index (χ3v) is 5.90. The van der Waals surface area contributed by atoms with Gasteiger partial charge in [-0.15, -0.1) is 0 Å². The van der Waals surface area contributed by atoms with Crippen LogP contribution >= 0.6 is 0 Å². The maximum absolute atomic E-state index is 13.4. The molecule has 2 fully saturated rings. The van der Waals surface area contributed by atoms with Crippen LogP contribution in [0.3, 0.4) is 0 Å². The highest BCUT2D eigenvalue weighted by atomic mass is 16.2. The number of hydrogen-bond acceptors (Lipinski definition) is 3. The second-order valence-electron chi connectivity index (χ2n) is 7.61. The van der Waals surface area contributed by atoms with E-state index in [9.17, 15) is 9.59 Å². The summed E-state index contributed by atoms with van der Waals surface area (Å²) in [5.41, 5.74) is 2.27. The highest BCUT2D eigenvalue weighted by Gasteiger charge is 2.42. The van der Waals surface area contributed by atoms with Crippen LogP contribution in [0.1, 0.15) is 43.4 Å². The van der Waals surface area contributed by atoms with Crippen LogP contribution in [-0.2, 0) is 9.59 Å². The number of aryl methyl sites for hydroxylation is 1. The van der Waals surface area contributed by atoms with Crippen molar-refractivity contribution in [3.63, 3.8) is 0 Å². The van der Waals surface area contributed by atoms with Gasteiger partial charge in [-0.05, 0) is 51.4 Å². The van der Waals surface area contributed by atoms with Crippen molar-refractivity contribution < 1.29 is 9.59 Å². The summed E-state index contributed by atoms with van der Waals surface area (Å²) in [5, 5.41) is 0. The minimum atomic E-state index is -0.143. The summed E-state index contributed by atoms with van der Waals surface area (Å²) >= 11 is 0. The lowest BCUT2D eigenvalue weighted by atomic mass is 9.81. The van der Waals surface area contributed by atoms with Crippen LogP contribution < -0.4 is 0 Å². The molecule has 0 aliphatic carbocycles. The molecule has 1 aromatic carbocycles. The molecule has 0 spiro atoms. The molecule has 0 radical (unpaired) electrons. The van der Waals surface area contributed by atoms with E-state index < -0.39 is 0 Å². The Morgan fingerprint density at radius 1 is 1.15 bits per heavy atom. The SMILES string of the molecule is CCN1C(=O)CC[C@@H](C(=O)N2CCCN(C)CC2)[C@@H]1c1ccccc1C. The molecule has 3 rings (SSSR count). The van der Waals surface area contributed by atoms with Gasteiger partial charge >= 0.3 is 0 Å². The van der Waals surface area contributed by atoms with E-state index in [0.29, 0.717) is 19.4 Å². The van der Waals surface area contributed by atoms with Gasteiger partial charge in [0.2, 0.25) is 11.8 Å². The van der Waals surface area contributed by atoms with E-state index in [0.717, 1.165) is 43.7 Å². The molecular formula is C21H31N3O2. The van der Waals surface area contributed by atoms with E-state index in [2.05, 4.69) is 31.0 Å². The van der Waals surface area contributed by atoms with Crippen LogP contribution in [0.15, 0.2) is 24.3 Å². The van der Waals surface area contributed by atoms with Gasteiger partial charge in [-0.3, -0.25) is 9.59 Å². The minimum absolute atomic E-state index is 0.142. The number of nitrogens with zero attached hydrogens (tertiary/aromatic N) is 3. The molecule has 0 N–H and O–H groups in total. The van der Waals surface area contributed by atoms with E-state index in [1.807, 2.05) is 28.9 Å². The lowest BCUT2D eigenvalue weighted by Gasteiger charge is -2.42. The van der Waals surface area contributed by atoms with Crippen molar-refractivity contribution in [2.24, 2.45) is 5.92 Å². The average molecular weight is 357 g/mol. The fourth-order valence-corrected chi connectivity index (χ4v) is 4.39. The maximum Gasteiger partial charge on any atom is 0.228 e. The number of hydrogen-bond donors (Lipinski definition) is 0. The number of likely N-dealkylation sites (N-methyl/N-ethyl adjacent to an activating group) is 1. The Labute approximate surface area is 156 Å². The van der Waals surface area contributed by atoms with Crippen molar-refractivity contribution >= 4 is 11.8 Å². The predicted octanol–water partition coefficient (Wildman–Crippen LogP) is 2.46. The standard InChI is InChI=1S/C21H31N3O2/c1-4-24-19(25)11-10-18(20(24)17-9-6-5-8-16(17)2)21(26)23-13-7-12-22(3)14-15-23/h5-6,8-9,18,20H,4,7,10-15H2,1-3H3/t18-,20+/m1/s1. The molecule has 26 heavy (non-hydrogen) atoms. The Morgan fingerprint density at radius 3 is 2.65 bits per heavy atom. The lowest BCUT2D eigenvalue weighted by molar-refractivity contribution is -0.147. The Hall–Kier alpha value is -1.88. The molecule has 0 saturated carbocycles. The highest BCUT2D eigenvalue weighted by molar-refractivity contribution is 5.85. The zero-order chi connectivity index (χ0) is 18.7. The zero-order valence-corrected chi connectivity index (χ0v) is 16.3. The summed E-state index contributed by atoms with van der Waals surface area (Å²) in [5.74, 6) is 0.247. The number of piperidine rings is 1. The van der Waals surface area contributed by atoms with Crippen LogP contribution in [-0.4, -0.2) is 66.3 Å². The molecule has 142 valence electrons. The first kappa shape index (κ1) is 18.9. The van der Waals surface area contributed by atoms with Gasteiger partial charge in [0, 0.05) is 32.6 Å². The van der Waals surface area contributed by atoms with Gasteiger partial charge in [-0.2, -0.15) is 0 Å². The zero-order valence-electron chi connectivity index (χ0n) is 16.3. The molecule has 2 amide bonds. The van der Waals surface area contributed by atoms with Crippen LogP contribution in [0.25, 0.3) is 0 Å². The summed E-state index contributed by atoms with van der Waals surface area (Å²) < 4.78 is 0. The number of carbonyl (C=O) groups is 2. The van der Waals surface area contributed by atoms with Crippen LogP contribution in [0.2, 0.25) is 0 Å². The lowest BCUT2D eigenvalue weighted by Crippen LogP contribution is -2.49. The largest absolute Gasteiger partial charge is 0.341 e. The van der Waals surface area contributed by atoms with Crippen LogP contribution in [0.4, 0.5) is 0 Å². The monoisotopic (exact) mass is 357 g/mol. The fraction of sp³-hybridized carbons (Fsp3) is 0.619. The highest BCUT2D eigenvalue weighted by Crippen LogP contribution is 2.39. The number of carbonyl (C=O) groups excluding carboxylic acids is 2. The Kier molecular flexibility index (Phi) is 5.97. The smallest absolute Gasteiger partial charge is 0.228 e. The van der Waals surface area contributed by atoms with Gasteiger partial charge in [-0.25, -0.2) is 0 Å². The first-order valence-electron chi connectivity index (χ1n) is 9.85. The molecule has 2 aliphatic rings. The first-order chi connectivity index (χ1) is 12.5. The summed E-state index contributed by atoms with van der Waals surface area (Å²) in [4.78, 5) is 32.2. The molecule has 5 heteroatoms. The number of rotatable bonds is 3. The van der Waals surface area contributed by atoms with Gasteiger partial charge in [-0.1, -0.05) is 24.3 Å². The molecule has 0 unspecified atom stereocenters. The molecule has 0 aromatic heterocycles. The molecule has 5 nitrogen and oxygen atoms in total. The number of amides is 2. The van der Waals surface area contributed by atoms with Gasteiger partial charge in [0.05, 0.1) is 12.0 Å². The van der Waals surface area contributed by atoms with Crippen molar-refractivity contribution in [3.05, 3.63) is 35.4 Å². The van der Waals surface area contributed by atoms with E-state index in [4.69, 9.17) is 0 Å². The van der Waals surface area contributed by atoms with Gasteiger partial charge in [0.1, 0.15) is 0 Å². The molecule has 2 saturated heterocycles. The quantitative estimate of drug-likeness (QED) is 0.835. The topological polar surface area (TPSA) is 43.9 Å². The summed E-state index contributed by atoms with van der Waals surface area (Å²) in [6.07, 6.45) is 2.14. The third kappa shape index (κ3) is 3.78. The average Bonchev–Trinajstić information content (AvgIpc) is 2.86. The number of benzene rings is 1. The first-order valence-corrected chi connectivity index (χ1v) is 9.85. The second-order valence-corrected chi connectivity index (χ2v) is 7.61. The molecule has 2 heterocycles. The van der Waals surface area contributed by atoms with Crippen molar-refractivity contribution in [2.75, 3.05) is 39.8 Å². The van der Waals surface area contributed by atoms with Crippen molar-refractivity contribution in [1.82, 2.24) is 14.7 Å². The van der Waals surface area contributed by atoms with Gasteiger partial charge in [0.25, 0.3) is 0 Å². The van der Waals surface area contributed by atoms with Crippen LogP contribution in [0, 0.1) is 12.8 Å². The van der Waals surface area contributed by atoms with E-state index >= 15 is 0 Å². The third-order valence-electron chi connectivity index (χ3n) is 5.90. The summed E-state index contributed by atoms with van der Waals surface area (Å²) in [7, 11) is 2.11. The van der Waals surface area contributed by atoms with E-state index in [-0.39, 0.29) is 23.8 Å². The Morgan fingerprint density at radius 2 is 1.92 bits per heavy atom. The molecule has 1 aromatic rings. The normalized spacial score (nSPS) is 25.3. The molecule has 0 bridgehead atoms. The van der Waals surface area contributed by atoms with Crippen molar-refractivity contribution in [1.29, 1.82) is 0 Å². The molecule has 2 aliphatic heterocycles. The van der Waals surface area contributed by atoms with Gasteiger partial charge < -0.3 is 14.7 Å². The fourth-order valence-electron chi connectivity index (χ4n) is 4.39. The minimum Gasteiger partial charge on any atom is -0.341 e. The Balaban J connectivity index is 1.91. The Bertz CT molecular complexity index is 660. The van der Waals surface area contributed by atoms with Crippen molar-refractivity contribution in [2.45, 2.75) is 39.2 Å². The van der Waals surface area contributed by atoms with Crippen LogP contribution in [0.5, 0.6) is 0 Å². The number of likely N-dealkylation sites (tertiary alicyclic amines) is 1.